The van der Waals surface area contributed by atoms with E-state index in [2.05, 4.69) is 5.10 Å². The quantitative estimate of drug-likeness (QED) is 0.798. The van der Waals surface area contributed by atoms with E-state index in [4.69, 9.17) is 4.74 Å². The monoisotopic (exact) mass is 348 g/mol. The van der Waals surface area contributed by atoms with Gasteiger partial charge in [-0.15, -0.1) is 0 Å². The Labute approximate surface area is 148 Å². The van der Waals surface area contributed by atoms with E-state index in [1.54, 1.807) is 11.8 Å². The third kappa shape index (κ3) is 4.21. The number of likely N-dealkylation sites (tertiary alicyclic amines) is 2. The van der Waals surface area contributed by atoms with Crippen molar-refractivity contribution in [2.45, 2.75) is 39.2 Å². The Bertz CT molecular complexity index is 620. The van der Waals surface area contributed by atoms with Gasteiger partial charge < -0.3 is 14.5 Å². The van der Waals surface area contributed by atoms with Crippen LogP contribution in [0, 0.1) is 12.3 Å². The summed E-state index contributed by atoms with van der Waals surface area (Å²) in [5.74, 6) is 0.358. The molecule has 138 valence electrons. The van der Waals surface area contributed by atoms with Crippen molar-refractivity contribution >= 4 is 11.8 Å². The van der Waals surface area contributed by atoms with Crippen LogP contribution in [0.3, 0.4) is 0 Å². The van der Waals surface area contributed by atoms with E-state index in [0.717, 1.165) is 44.6 Å². The second-order valence-electron chi connectivity index (χ2n) is 7.34. The first-order valence-corrected chi connectivity index (χ1v) is 9.06. The number of hydrogen-bond acceptors (Lipinski definition) is 4. The molecule has 25 heavy (non-hydrogen) atoms. The average Bonchev–Trinajstić information content (AvgIpc) is 3.01. The van der Waals surface area contributed by atoms with Crippen LogP contribution in [-0.4, -0.2) is 71.3 Å². The van der Waals surface area contributed by atoms with Crippen molar-refractivity contribution in [3.8, 4) is 0 Å². The predicted molar refractivity (Wildman–Crippen MR) is 92.9 cm³/mol. The van der Waals surface area contributed by atoms with Gasteiger partial charge in [0.1, 0.15) is 6.54 Å². The predicted octanol–water partition coefficient (Wildman–Crippen LogP) is 1.07. The van der Waals surface area contributed by atoms with E-state index in [-0.39, 0.29) is 17.2 Å². The average molecular weight is 348 g/mol. The zero-order valence-electron chi connectivity index (χ0n) is 15.2. The van der Waals surface area contributed by atoms with Gasteiger partial charge in [0, 0.05) is 45.9 Å². The molecular formula is C18H28N4O3. The largest absolute Gasteiger partial charge is 0.383 e. The van der Waals surface area contributed by atoms with Gasteiger partial charge in [-0.1, -0.05) is 0 Å². The first-order chi connectivity index (χ1) is 12.0. The van der Waals surface area contributed by atoms with Crippen LogP contribution in [0.15, 0.2) is 12.3 Å². The first-order valence-electron chi connectivity index (χ1n) is 9.06. The molecular weight excluding hydrogens is 320 g/mol. The Morgan fingerprint density at radius 3 is 2.72 bits per heavy atom. The minimum atomic E-state index is 0.126. The number of rotatable bonds is 5. The lowest BCUT2D eigenvalue weighted by Crippen LogP contribution is -2.53. The maximum absolute atomic E-state index is 12.5. The van der Waals surface area contributed by atoms with Crippen LogP contribution in [0.5, 0.6) is 0 Å². The van der Waals surface area contributed by atoms with Crippen molar-refractivity contribution in [1.82, 2.24) is 19.6 Å². The summed E-state index contributed by atoms with van der Waals surface area (Å²) in [5.41, 5.74) is 1.09. The molecule has 0 N–H and O–H groups in total. The number of carbonyl (C=O) groups is 2. The molecule has 7 heteroatoms. The third-order valence-electron chi connectivity index (χ3n) is 5.56. The van der Waals surface area contributed by atoms with Crippen LogP contribution in [-0.2, 0) is 20.9 Å². The lowest BCUT2D eigenvalue weighted by atomic mass is 9.72. The van der Waals surface area contributed by atoms with E-state index in [9.17, 15) is 9.59 Å². The topological polar surface area (TPSA) is 67.7 Å². The van der Waals surface area contributed by atoms with E-state index in [0.29, 0.717) is 26.1 Å². The summed E-state index contributed by atoms with van der Waals surface area (Å²) < 4.78 is 6.82. The van der Waals surface area contributed by atoms with Crippen molar-refractivity contribution in [3.63, 3.8) is 0 Å². The fourth-order valence-electron chi connectivity index (χ4n) is 3.94. The summed E-state index contributed by atoms with van der Waals surface area (Å²) in [6, 6.07) is 1.91. The number of ether oxygens (including phenoxy) is 1. The van der Waals surface area contributed by atoms with Gasteiger partial charge in [-0.3, -0.25) is 14.3 Å². The van der Waals surface area contributed by atoms with Gasteiger partial charge in [0.2, 0.25) is 11.8 Å². The Morgan fingerprint density at radius 2 is 2.08 bits per heavy atom. The van der Waals surface area contributed by atoms with Gasteiger partial charge >= 0.3 is 0 Å². The number of aryl methyl sites for hydroxylation is 1. The molecule has 0 aliphatic carbocycles. The summed E-state index contributed by atoms with van der Waals surface area (Å²) in [4.78, 5) is 28.5. The Kier molecular flexibility index (Phi) is 5.42. The third-order valence-corrected chi connectivity index (χ3v) is 5.56. The minimum Gasteiger partial charge on any atom is -0.383 e. The van der Waals surface area contributed by atoms with E-state index >= 15 is 0 Å². The van der Waals surface area contributed by atoms with Crippen LogP contribution in [0.4, 0.5) is 0 Å². The van der Waals surface area contributed by atoms with Gasteiger partial charge in [0.15, 0.2) is 0 Å². The van der Waals surface area contributed by atoms with Crippen molar-refractivity contribution < 1.29 is 14.3 Å². The van der Waals surface area contributed by atoms with Crippen LogP contribution in [0.25, 0.3) is 0 Å². The van der Waals surface area contributed by atoms with Gasteiger partial charge in [0.05, 0.1) is 12.3 Å². The number of piperidine rings is 2. The number of amides is 2. The molecule has 1 spiro atoms. The number of carbonyl (C=O) groups excluding carboxylic acids is 2. The maximum atomic E-state index is 12.5. The second-order valence-corrected chi connectivity index (χ2v) is 7.34. The number of nitrogens with zero attached hydrogens (tertiary/aromatic N) is 4. The highest BCUT2D eigenvalue weighted by molar-refractivity contribution is 5.77. The highest BCUT2D eigenvalue weighted by Crippen LogP contribution is 2.40. The minimum absolute atomic E-state index is 0.126. The maximum Gasteiger partial charge on any atom is 0.244 e. The zero-order valence-corrected chi connectivity index (χ0v) is 15.2. The van der Waals surface area contributed by atoms with E-state index < -0.39 is 0 Å². The van der Waals surface area contributed by atoms with E-state index in [1.807, 2.05) is 29.0 Å². The first kappa shape index (κ1) is 17.9. The molecule has 0 atom stereocenters. The Balaban J connectivity index is 1.53. The molecule has 1 aromatic rings. The van der Waals surface area contributed by atoms with Gasteiger partial charge in [-0.05, 0) is 37.7 Å². The van der Waals surface area contributed by atoms with Crippen molar-refractivity contribution in [3.05, 3.63) is 18.0 Å². The molecule has 2 aliphatic rings. The lowest BCUT2D eigenvalue weighted by molar-refractivity contribution is -0.143. The number of methoxy groups -OCH3 is 1. The molecule has 3 rings (SSSR count). The molecule has 2 fully saturated rings. The highest BCUT2D eigenvalue weighted by Gasteiger charge is 2.41. The summed E-state index contributed by atoms with van der Waals surface area (Å²) in [6.07, 6.45) is 5.33. The normalized spacial score (nSPS) is 20.3. The highest BCUT2D eigenvalue weighted by atomic mass is 16.5. The fourth-order valence-corrected chi connectivity index (χ4v) is 3.94. The van der Waals surface area contributed by atoms with Crippen LogP contribution in [0.2, 0.25) is 0 Å². The summed E-state index contributed by atoms with van der Waals surface area (Å²) >= 11 is 0. The van der Waals surface area contributed by atoms with Crippen molar-refractivity contribution in [2.75, 3.05) is 39.9 Å². The Hall–Kier alpha value is -1.89. The molecule has 0 bridgehead atoms. The van der Waals surface area contributed by atoms with Crippen molar-refractivity contribution in [1.29, 1.82) is 0 Å². The summed E-state index contributed by atoms with van der Waals surface area (Å²) in [6.45, 7) is 5.81. The Morgan fingerprint density at radius 1 is 1.32 bits per heavy atom. The lowest BCUT2D eigenvalue weighted by Gasteiger charge is -2.47. The molecule has 1 aromatic heterocycles. The molecule has 0 radical (unpaired) electrons. The molecule has 0 aromatic carbocycles. The van der Waals surface area contributed by atoms with Crippen LogP contribution >= 0.6 is 0 Å². The standard InChI is InChI=1S/C18H28N4O3/c1-15-4-8-22(19-15)13-17(24)20-9-6-18(7-10-20)5-3-16(23)21(14-18)11-12-25-2/h4,8H,3,5-7,9-14H2,1-2H3. The van der Waals surface area contributed by atoms with Crippen molar-refractivity contribution in [2.24, 2.45) is 5.41 Å². The van der Waals surface area contributed by atoms with Gasteiger partial charge in [-0.25, -0.2) is 0 Å². The molecule has 0 saturated carbocycles. The fraction of sp³-hybridized carbons (Fsp3) is 0.722. The number of hydrogen-bond donors (Lipinski definition) is 0. The SMILES string of the molecule is COCCN1CC2(CCC1=O)CCN(C(=O)Cn1ccc(C)n1)CC2. The molecule has 3 heterocycles. The van der Waals surface area contributed by atoms with Crippen LogP contribution in [0.1, 0.15) is 31.4 Å². The molecule has 2 aliphatic heterocycles. The number of aromatic nitrogens is 2. The smallest absolute Gasteiger partial charge is 0.244 e. The zero-order chi connectivity index (χ0) is 17.9. The molecule has 2 amide bonds. The second kappa shape index (κ2) is 7.56. The molecule has 7 nitrogen and oxygen atoms in total. The van der Waals surface area contributed by atoms with Crippen LogP contribution < -0.4 is 0 Å². The summed E-state index contributed by atoms with van der Waals surface area (Å²) in [7, 11) is 1.66. The molecule has 2 saturated heterocycles. The van der Waals surface area contributed by atoms with Gasteiger partial charge in [0.25, 0.3) is 0 Å². The van der Waals surface area contributed by atoms with E-state index in [1.165, 1.54) is 0 Å². The summed E-state index contributed by atoms with van der Waals surface area (Å²) in [5, 5.41) is 4.29. The molecule has 0 unspecified atom stereocenters. The van der Waals surface area contributed by atoms with Gasteiger partial charge in [-0.2, -0.15) is 5.10 Å².